The van der Waals surface area contributed by atoms with E-state index in [0.717, 1.165) is 36.0 Å². The molecular weight excluding hydrogens is 475 g/mol. The number of alkyl halides is 3. The first kappa shape index (κ1) is 25.3. The van der Waals surface area contributed by atoms with Crippen molar-refractivity contribution in [2.45, 2.75) is 23.9 Å². The maximum absolute atomic E-state index is 12.7. The van der Waals surface area contributed by atoms with Crippen LogP contribution in [-0.4, -0.2) is 48.3 Å². The fraction of sp³-hybridized carbons (Fsp3) is 0.286. The highest BCUT2D eigenvalue weighted by Crippen LogP contribution is 2.29. The molecule has 3 amide bonds. The van der Waals surface area contributed by atoms with E-state index in [2.05, 4.69) is 21.3 Å². The largest absolute Gasteiger partial charge is 0.497 e. The molecule has 0 saturated carbocycles. The zero-order chi connectivity index (χ0) is 24.9. The van der Waals surface area contributed by atoms with Crippen LogP contribution in [0.5, 0.6) is 5.75 Å². The molecule has 3 unspecified atom stereocenters. The van der Waals surface area contributed by atoms with Crippen molar-refractivity contribution in [1.82, 2.24) is 16.0 Å². The number of halogens is 3. The third-order valence-electron chi connectivity index (χ3n) is 4.77. The SMILES string of the molecule is COc1ccc(NC(=O)CSC2NC(=O)C(NC(=O)c3ccc(C(F)(F)F)cc3)C(N)N2)cc1. The van der Waals surface area contributed by atoms with Crippen molar-refractivity contribution in [1.29, 1.82) is 0 Å². The van der Waals surface area contributed by atoms with E-state index in [4.69, 9.17) is 10.5 Å². The minimum absolute atomic E-state index is 0.000718. The number of hydrogen-bond acceptors (Lipinski definition) is 7. The first-order valence-corrected chi connectivity index (χ1v) is 11.0. The van der Waals surface area contributed by atoms with Crippen LogP contribution < -0.4 is 31.7 Å². The summed E-state index contributed by atoms with van der Waals surface area (Å²) < 4.78 is 43.1. The van der Waals surface area contributed by atoms with Crippen molar-refractivity contribution in [2.75, 3.05) is 18.2 Å². The Morgan fingerprint density at radius 1 is 1.12 bits per heavy atom. The summed E-state index contributed by atoms with van der Waals surface area (Å²) in [5.74, 6) is -1.01. The number of hydrogen-bond donors (Lipinski definition) is 5. The van der Waals surface area contributed by atoms with Gasteiger partial charge in [-0.3, -0.25) is 19.7 Å². The Hall–Kier alpha value is -3.29. The molecule has 13 heteroatoms. The third kappa shape index (κ3) is 6.62. The average Bonchev–Trinajstić information content (AvgIpc) is 2.80. The van der Waals surface area contributed by atoms with Crippen LogP contribution in [0.3, 0.4) is 0 Å². The van der Waals surface area contributed by atoms with Crippen LogP contribution in [0, 0.1) is 0 Å². The standard InChI is InChI=1S/C21H22F3N5O4S/c1-33-14-8-6-13(7-9-14)26-15(30)10-34-20-28-17(25)16(19(32)29-20)27-18(31)11-2-4-12(5-3-11)21(22,23)24/h2-9,16-17,20,28H,10,25H2,1H3,(H,26,30)(H,27,31)(H,29,32). The second kappa shape index (κ2) is 10.8. The molecule has 34 heavy (non-hydrogen) atoms. The van der Waals surface area contributed by atoms with Gasteiger partial charge in [0.15, 0.2) is 0 Å². The molecule has 1 aliphatic heterocycles. The summed E-state index contributed by atoms with van der Waals surface area (Å²) in [4.78, 5) is 37.0. The lowest BCUT2D eigenvalue weighted by Gasteiger charge is -2.35. The topological polar surface area (TPSA) is 135 Å². The quantitative estimate of drug-likeness (QED) is 0.391. The fourth-order valence-electron chi connectivity index (χ4n) is 3.01. The molecule has 0 aliphatic carbocycles. The van der Waals surface area contributed by atoms with Crippen molar-refractivity contribution in [2.24, 2.45) is 5.73 Å². The summed E-state index contributed by atoms with van der Waals surface area (Å²) in [5.41, 5.74) is 4.90. The molecule has 1 saturated heterocycles. The van der Waals surface area contributed by atoms with Gasteiger partial charge >= 0.3 is 6.18 Å². The summed E-state index contributed by atoms with van der Waals surface area (Å²) in [5, 5.41) is 10.6. The highest BCUT2D eigenvalue weighted by Gasteiger charge is 2.36. The second-order valence-corrected chi connectivity index (χ2v) is 8.29. The van der Waals surface area contributed by atoms with Crippen molar-refractivity contribution in [3.05, 3.63) is 59.7 Å². The molecule has 1 aliphatic rings. The van der Waals surface area contributed by atoms with E-state index < -0.39 is 41.3 Å². The van der Waals surface area contributed by atoms with Crippen LogP contribution in [0.4, 0.5) is 18.9 Å². The number of ether oxygens (including phenoxy) is 1. The number of thioether (sulfide) groups is 1. The van der Waals surface area contributed by atoms with Gasteiger partial charge in [0.1, 0.15) is 17.3 Å². The Labute approximate surface area is 197 Å². The Balaban J connectivity index is 1.49. The second-order valence-electron chi connectivity index (χ2n) is 7.20. The lowest BCUT2D eigenvalue weighted by atomic mass is 10.1. The molecule has 0 bridgehead atoms. The Morgan fingerprint density at radius 3 is 2.32 bits per heavy atom. The van der Waals surface area contributed by atoms with Crippen LogP contribution in [0.25, 0.3) is 0 Å². The maximum atomic E-state index is 12.7. The predicted molar refractivity (Wildman–Crippen MR) is 120 cm³/mol. The van der Waals surface area contributed by atoms with Gasteiger partial charge in [0.2, 0.25) is 11.8 Å². The van der Waals surface area contributed by atoms with Gasteiger partial charge in [0.25, 0.3) is 5.91 Å². The zero-order valence-corrected chi connectivity index (χ0v) is 18.6. The average molecular weight is 497 g/mol. The molecule has 0 radical (unpaired) electrons. The molecule has 0 spiro atoms. The molecule has 3 rings (SSSR count). The summed E-state index contributed by atoms with van der Waals surface area (Å²) in [7, 11) is 1.53. The molecular formula is C21H22F3N5O4S. The monoisotopic (exact) mass is 497 g/mol. The Bertz CT molecular complexity index is 1030. The van der Waals surface area contributed by atoms with Crippen LogP contribution in [0.15, 0.2) is 48.5 Å². The number of nitrogens with two attached hydrogens (primary N) is 1. The molecule has 6 N–H and O–H groups in total. The van der Waals surface area contributed by atoms with E-state index in [1.807, 2.05) is 0 Å². The van der Waals surface area contributed by atoms with Gasteiger partial charge < -0.3 is 26.4 Å². The van der Waals surface area contributed by atoms with E-state index in [1.165, 1.54) is 7.11 Å². The minimum Gasteiger partial charge on any atom is -0.497 e. The third-order valence-corrected chi connectivity index (χ3v) is 5.79. The lowest BCUT2D eigenvalue weighted by molar-refractivity contribution is -0.137. The number of carbonyl (C=O) groups excluding carboxylic acids is 3. The van der Waals surface area contributed by atoms with E-state index in [0.29, 0.717) is 11.4 Å². The summed E-state index contributed by atoms with van der Waals surface area (Å²) in [6, 6.07) is 9.17. The molecule has 0 aromatic heterocycles. The van der Waals surface area contributed by atoms with Gasteiger partial charge in [-0.2, -0.15) is 13.2 Å². The molecule has 182 valence electrons. The van der Waals surface area contributed by atoms with E-state index in [1.54, 1.807) is 24.3 Å². The normalized spacial score (nSPS) is 20.3. The molecule has 2 aromatic carbocycles. The molecule has 3 atom stereocenters. The van der Waals surface area contributed by atoms with E-state index in [-0.39, 0.29) is 17.2 Å². The number of rotatable bonds is 7. The van der Waals surface area contributed by atoms with Gasteiger partial charge in [0, 0.05) is 11.3 Å². The predicted octanol–water partition coefficient (Wildman–Crippen LogP) is 1.47. The zero-order valence-electron chi connectivity index (χ0n) is 17.8. The summed E-state index contributed by atoms with van der Waals surface area (Å²) in [6.07, 6.45) is -5.52. The molecule has 1 heterocycles. The van der Waals surface area contributed by atoms with Gasteiger partial charge in [-0.15, -0.1) is 11.8 Å². The highest BCUT2D eigenvalue weighted by molar-refractivity contribution is 8.00. The van der Waals surface area contributed by atoms with Gasteiger partial charge in [0.05, 0.1) is 24.6 Å². The Morgan fingerprint density at radius 2 is 1.76 bits per heavy atom. The van der Waals surface area contributed by atoms with E-state index >= 15 is 0 Å². The smallest absolute Gasteiger partial charge is 0.416 e. The van der Waals surface area contributed by atoms with Crippen molar-refractivity contribution in [3.8, 4) is 5.75 Å². The van der Waals surface area contributed by atoms with Crippen LogP contribution in [0.2, 0.25) is 0 Å². The lowest BCUT2D eigenvalue weighted by Crippen LogP contribution is -2.70. The van der Waals surface area contributed by atoms with Crippen molar-refractivity contribution >= 4 is 35.2 Å². The van der Waals surface area contributed by atoms with Crippen LogP contribution in [-0.2, 0) is 15.8 Å². The molecule has 2 aromatic rings. The summed E-state index contributed by atoms with van der Waals surface area (Å²) in [6.45, 7) is 0. The van der Waals surface area contributed by atoms with Gasteiger partial charge in [-0.05, 0) is 48.5 Å². The number of benzene rings is 2. The van der Waals surface area contributed by atoms with Gasteiger partial charge in [-0.1, -0.05) is 0 Å². The molecule has 9 nitrogen and oxygen atoms in total. The van der Waals surface area contributed by atoms with Gasteiger partial charge in [-0.25, -0.2) is 0 Å². The van der Waals surface area contributed by atoms with Crippen molar-refractivity contribution in [3.63, 3.8) is 0 Å². The van der Waals surface area contributed by atoms with Crippen LogP contribution in [0.1, 0.15) is 15.9 Å². The minimum atomic E-state index is -4.53. The molecule has 1 fully saturated rings. The number of anilines is 1. The number of nitrogens with one attached hydrogen (secondary N) is 4. The highest BCUT2D eigenvalue weighted by atomic mass is 32.2. The number of carbonyl (C=O) groups is 3. The van der Waals surface area contributed by atoms with E-state index in [9.17, 15) is 27.6 Å². The number of amides is 3. The fourth-order valence-corrected chi connectivity index (χ4v) is 3.85. The maximum Gasteiger partial charge on any atom is 0.416 e. The van der Waals surface area contributed by atoms with Crippen molar-refractivity contribution < 1.29 is 32.3 Å². The van der Waals surface area contributed by atoms with Crippen LogP contribution >= 0.6 is 11.8 Å². The first-order chi connectivity index (χ1) is 16.1. The first-order valence-electron chi connectivity index (χ1n) is 9.92. The summed E-state index contributed by atoms with van der Waals surface area (Å²) >= 11 is 1.08. The Kier molecular flexibility index (Phi) is 8.02. The number of methoxy groups -OCH3 is 1.